The molecule has 0 unspecified atom stereocenters. The highest BCUT2D eigenvalue weighted by atomic mass is 16.5. The fraction of sp³-hybridized carbons (Fsp3) is 0.500. The predicted molar refractivity (Wildman–Crippen MR) is 84.3 cm³/mol. The van der Waals surface area contributed by atoms with Crippen molar-refractivity contribution in [3.05, 3.63) is 28.5 Å². The van der Waals surface area contributed by atoms with Crippen molar-refractivity contribution in [1.82, 2.24) is 20.3 Å². The van der Waals surface area contributed by atoms with Gasteiger partial charge >= 0.3 is 0 Å². The number of hydrogen-bond donors (Lipinski definition) is 0. The van der Waals surface area contributed by atoms with Crippen molar-refractivity contribution in [3.8, 4) is 0 Å². The molecule has 0 N–H and O–H groups in total. The van der Waals surface area contributed by atoms with Crippen LogP contribution in [0.1, 0.15) is 41.4 Å². The summed E-state index contributed by atoms with van der Waals surface area (Å²) in [5, 5.41) is 9.14. The first kappa shape index (κ1) is 14.2. The summed E-state index contributed by atoms with van der Waals surface area (Å²) in [4.78, 5) is 11.0. The second-order valence-corrected chi connectivity index (χ2v) is 6.14. The summed E-state index contributed by atoms with van der Waals surface area (Å²) in [7, 11) is 2.00. The highest BCUT2D eigenvalue weighted by Gasteiger charge is 2.22. The van der Waals surface area contributed by atoms with Crippen LogP contribution in [0.3, 0.4) is 0 Å². The van der Waals surface area contributed by atoms with Gasteiger partial charge in [-0.3, -0.25) is 0 Å². The molecule has 3 heterocycles. The molecule has 0 bridgehead atoms. The molecule has 120 valence electrons. The van der Waals surface area contributed by atoms with E-state index in [1.807, 2.05) is 20.9 Å². The number of fused-ring (bicyclic) bond motifs is 2. The number of nitrogens with zero attached hydrogens (tertiary/aromatic N) is 5. The molecule has 0 aliphatic heterocycles. The molecule has 23 heavy (non-hydrogen) atoms. The molecule has 0 spiro atoms. The molecule has 0 saturated carbocycles. The maximum Gasteiger partial charge on any atom is 0.263 e. The number of aryl methyl sites for hydroxylation is 3. The van der Waals surface area contributed by atoms with Gasteiger partial charge in [0.05, 0.1) is 12.2 Å². The summed E-state index contributed by atoms with van der Waals surface area (Å²) in [6.45, 7) is 4.40. The third-order valence-electron chi connectivity index (χ3n) is 4.38. The molecule has 7 nitrogen and oxygen atoms in total. The zero-order valence-corrected chi connectivity index (χ0v) is 13.6. The van der Waals surface area contributed by atoms with Crippen LogP contribution in [-0.4, -0.2) is 27.3 Å². The second-order valence-electron chi connectivity index (χ2n) is 6.14. The zero-order valence-electron chi connectivity index (χ0n) is 13.6. The van der Waals surface area contributed by atoms with Crippen LogP contribution < -0.4 is 4.90 Å². The highest BCUT2D eigenvalue weighted by molar-refractivity contribution is 5.88. The third kappa shape index (κ3) is 2.36. The van der Waals surface area contributed by atoms with E-state index in [1.54, 1.807) is 0 Å². The van der Waals surface area contributed by atoms with E-state index in [2.05, 4.69) is 25.2 Å². The van der Waals surface area contributed by atoms with Crippen molar-refractivity contribution < 1.29 is 9.05 Å². The SMILES string of the molecule is Cc1nc(N(C)Cc2noc3c2CCCC3)c2c(C)noc2n1. The largest absolute Gasteiger partial charge is 0.361 e. The minimum atomic E-state index is 0.527. The van der Waals surface area contributed by atoms with E-state index < -0.39 is 0 Å². The van der Waals surface area contributed by atoms with E-state index in [4.69, 9.17) is 9.05 Å². The van der Waals surface area contributed by atoms with Gasteiger partial charge in [-0.15, -0.1) is 0 Å². The lowest BCUT2D eigenvalue weighted by Crippen LogP contribution is -2.20. The Kier molecular flexibility index (Phi) is 3.28. The first-order valence-corrected chi connectivity index (χ1v) is 7.91. The van der Waals surface area contributed by atoms with E-state index in [9.17, 15) is 0 Å². The van der Waals surface area contributed by atoms with Crippen molar-refractivity contribution in [3.63, 3.8) is 0 Å². The Bertz CT molecular complexity index is 867. The quantitative estimate of drug-likeness (QED) is 0.735. The van der Waals surface area contributed by atoms with Gasteiger partial charge < -0.3 is 13.9 Å². The Morgan fingerprint density at radius 1 is 1.04 bits per heavy atom. The Labute approximate surface area is 133 Å². The van der Waals surface area contributed by atoms with Gasteiger partial charge in [0.25, 0.3) is 5.71 Å². The molecular formula is C16H19N5O2. The maximum atomic E-state index is 5.50. The van der Waals surface area contributed by atoms with Crippen LogP contribution in [0.4, 0.5) is 5.82 Å². The molecule has 1 aliphatic rings. The summed E-state index contributed by atoms with van der Waals surface area (Å²) in [6, 6.07) is 0. The zero-order chi connectivity index (χ0) is 16.0. The standard InChI is InChI=1S/C16H19N5O2/c1-9-14-15(17-10(2)18-16(14)23-19-9)21(3)8-12-11-6-4-5-7-13(11)22-20-12/h4-8H2,1-3H3. The first-order valence-electron chi connectivity index (χ1n) is 7.91. The van der Waals surface area contributed by atoms with Gasteiger partial charge in [0.15, 0.2) is 0 Å². The fourth-order valence-corrected chi connectivity index (χ4v) is 3.22. The van der Waals surface area contributed by atoms with Crippen LogP contribution in [0.5, 0.6) is 0 Å². The minimum absolute atomic E-state index is 0.527. The van der Waals surface area contributed by atoms with Gasteiger partial charge in [-0.05, 0) is 33.1 Å². The average Bonchev–Trinajstić information content (AvgIpc) is 3.11. The summed E-state index contributed by atoms with van der Waals surface area (Å²) in [5.41, 5.74) is 3.59. The molecule has 3 aromatic heterocycles. The molecule has 0 radical (unpaired) electrons. The predicted octanol–water partition coefficient (Wildman–Crippen LogP) is 2.74. The van der Waals surface area contributed by atoms with Crippen LogP contribution >= 0.6 is 0 Å². The molecule has 0 amide bonds. The monoisotopic (exact) mass is 313 g/mol. The van der Waals surface area contributed by atoms with Crippen molar-refractivity contribution >= 4 is 16.9 Å². The van der Waals surface area contributed by atoms with Gasteiger partial charge in [-0.1, -0.05) is 10.3 Å². The topological polar surface area (TPSA) is 81.1 Å². The molecule has 1 aliphatic carbocycles. The van der Waals surface area contributed by atoms with E-state index in [0.29, 0.717) is 18.1 Å². The van der Waals surface area contributed by atoms with Crippen LogP contribution in [0.2, 0.25) is 0 Å². The molecule has 0 aromatic carbocycles. The normalized spacial score (nSPS) is 14.2. The molecule has 4 rings (SSSR count). The molecule has 0 fully saturated rings. The van der Waals surface area contributed by atoms with Crippen LogP contribution in [0.15, 0.2) is 9.05 Å². The van der Waals surface area contributed by atoms with E-state index in [-0.39, 0.29) is 0 Å². The van der Waals surface area contributed by atoms with Gasteiger partial charge in [0.1, 0.15) is 28.5 Å². The number of hydrogen-bond acceptors (Lipinski definition) is 7. The Morgan fingerprint density at radius 2 is 1.87 bits per heavy atom. The van der Waals surface area contributed by atoms with Crippen molar-refractivity contribution in [1.29, 1.82) is 0 Å². The van der Waals surface area contributed by atoms with Gasteiger partial charge in [-0.2, -0.15) is 4.98 Å². The second kappa shape index (κ2) is 5.33. The van der Waals surface area contributed by atoms with Gasteiger partial charge in [0, 0.05) is 19.0 Å². The molecule has 3 aromatic rings. The summed E-state index contributed by atoms with van der Waals surface area (Å²) in [5.74, 6) is 2.53. The lowest BCUT2D eigenvalue weighted by Gasteiger charge is -2.19. The van der Waals surface area contributed by atoms with E-state index >= 15 is 0 Å². The van der Waals surface area contributed by atoms with Gasteiger partial charge in [0.2, 0.25) is 0 Å². The average molecular weight is 313 g/mol. The molecule has 0 atom stereocenters. The molecule has 7 heteroatoms. The lowest BCUT2D eigenvalue weighted by molar-refractivity contribution is 0.368. The first-order chi connectivity index (χ1) is 11.1. The lowest BCUT2D eigenvalue weighted by atomic mass is 9.96. The number of anilines is 1. The Morgan fingerprint density at radius 3 is 2.74 bits per heavy atom. The van der Waals surface area contributed by atoms with Gasteiger partial charge in [-0.25, -0.2) is 4.98 Å². The van der Waals surface area contributed by atoms with Crippen molar-refractivity contribution in [2.75, 3.05) is 11.9 Å². The number of aromatic nitrogens is 4. The third-order valence-corrected chi connectivity index (χ3v) is 4.38. The maximum absolute atomic E-state index is 5.50. The Balaban J connectivity index is 1.71. The van der Waals surface area contributed by atoms with Crippen LogP contribution in [0, 0.1) is 13.8 Å². The molecular weight excluding hydrogens is 294 g/mol. The number of rotatable bonds is 3. The fourth-order valence-electron chi connectivity index (χ4n) is 3.22. The van der Waals surface area contributed by atoms with Crippen molar-refractivity contribution in [2.24, 2.45) is 0 Å². The summed E-state index contributed by atoms with van der Waals surface area (Å²) in [6.07, 6.45) is 4.43. The van der Waals surface area contributed by atoms with Crippen LogP contribution in [-0.2, 0) is 19.4 Å². The minimum Gasteiger partial charge on any atom is -0.361 e. The summed E-state index contributed by atoms with van der Waals surface area (Å²) >= 11 is 0. The molecule has 0 saturated heterocycles. The van der Waals surface area contributed by atoms with Crippen LogP contribution in [0.25, 0.3) is 11.1 Å². The smallest absolute Gasteiger partial charge is 0.263 e. The summed E-state index contributed by atoms with van der Waals surface area (Å²) < 4.78 is 10.8. The van der Waals surface area contributed by atoms with E-state index in [1.165, 1.54) is 18.4 Å². The van der Waals surface area contributed by atoms with E-state index in [0.717, 1.165) is 41.2 Å². The van der Waals surface area contributed by atoms with Crippen molar-refractivity contribution in [2.45, 2.75) is 46.1 Å². The Hall–Kier alpha value is -2.44. The highest BCUT2D eigenvalue weighted by Crippen LogP contribution is 2.29.